The summed E-state index contributed by atoms with van der Waals surface area (Å²) in [6, 6.07) is 0.609. The zero-order chi connectivity index (χ0) is 8.43. The Kier molecular flexibility index (Phi) is 2.42. The standard InChI is InChI=1S/C9H18N2/c1-7(2)8(3)11-6-5-10-9(11)4/h7-8,10H,4-6H2,1-3H3/t8-/m1/s1. The van der Waals surface area contributed by atoms with Crippen LogP contribution in [-0.2, 0) is 0 Å². The van der Waals surface area contributed by atoms with E-state index in [-0.39, 0.29) is 0 Å². The first-order chi connectivity index (χ1) is 5.13. The highest BCUT2D eigenvalue weighted by atomic mass is 15.3. The summed E-state index contributed by atoms with van der Waals surface area (Å²) in [5.41, 5.74) is 0. The molecule has 1 atom stereocenters. The Morgan fingerprint density at radius 1 is 1.45 bits per heavy atom. The minimum atomic E-state index is 0.609. The van der Waals surface area contributed by atoms with Gasteiger partial charge in [-0.2, -0.15) is 0 Å². The van der Waals surface area contributed by atoms with Gasteiger partial charge in [0, 0.05) is 19.1 Å². The van der Waals surface area contributed by atoms with Crippen LogP contribution in [0.1, 0.15) is 20.8 Å². The molecule has 1 heterocycles. The smallest absolute Gasteiger partial charge is 0.0942 e. The summed E-state index contributed by atoms with van der Waals surface area (Å²) in [6.45, 7) is 12.9. The van der Waals surface area contributed by atoms with Crippen molar-refractivity contribution in [3.63, 3.8) is 0 Å². The predicted octanol–water partition coefficient (Wildman–Crippen LogP) is 1.41. The summed E-state index contributed by atoms with van der Waals surface area (Å²) in [7, 11) is 0. The summed E-state index contributed by atoms with van der Waals surface area (Å²) in [4.78, 5) is 2.34. The first kappa shape index (κ1) is 8.44. The van der Waals surface area contributed by atoms with Gasteiger partial charge in [0.15, 0.2) is 0 Å². The molecule has 11 heavy (non-hydrogen) atoms. The van der Waals surface area contributed by atoms with E-state index in [1.807, 2.05) is 0 Å². The lowest BCUT2D eigenvalue weighted by Gasteiger charge is -2.29. The summed E-state index contributed by atoms with van der Waals surface area (Å²) >= 11 is 0. The molecule has 1 N–H and O–H groups in total. The van der Waals surface area contributed by atoms with Gasteiger partial charge in [0.1, 0.15) is 0 Å². The Labute approximate surface area is 69.3 Å². The third kappa shape index (κ3) is 1.67. The van der Waals surface area contributed by atoms with Crippen molar-refractivity contribution in [3.05, 3.63) is 12.4 Å². The predicted molar refractivity (Wildman–Crippen MR) is 48.1 cm³/mol. The van der Waals surface area contributed by atoms with Gasteiger partial charge in [0.2, 0.25) is 0 Å². The number of hydrogen-bond donors (Lipinski definition) is 1. The molecular weight excluding hydrogens is 136 g/mol. The van der Waals surface area contributed by atoms with Gasteiger partial charge < -0.3 is 10.2 Å². The van der Waals surface area contributed by atoms with E-state index in [9.17, 15) is 0 Å². The largest absolute Gasteiger partial charge is 0.370 e. The average Bonchev–Trinajstić information content (AvgIpc) is 2.33. The molecule has 0 aromatic heterocycles. The van der Waals surface area contributed by atoms with Crippen molar-refractivity contribution in [2.75, 3.05) is 13.1 Å². The highest BCUT2D eigenvalue weighted by Gasteiger charge is 2.21. The van der Waals surface area contributed by atoms with Crippen LogP contribution in [0.25, 0.3) is 0 Å². The quantitative estimate of drug-likeness (QED) is 0.647. The topological polar surface area (TPSA) is 15.3 Å². The van der Waals surface area contributed by atoms with Crippen molar-refractivity contribution in [1.29, 1.82) is 0 Å². The molecule has 0 radical (unpaired) electrons. The van der Waals surface area contributed by atoms with E-state index in [4.69, 9.17) is 0 Å². The lowest BCUT2D eigenvalue weighted by Crippen LogP contribution is -2.33. The molecular formula is C9H18N2. The molecule has 1 fully saturated rings. The van der Waals surface area contributed by atoms with Crippen LogP contribution in [0.2, 0.25) is 0 Å². The number of rotatable bonds is 2. The van der Waals surface area contributed by atoms with Crippen LogP contribution in [0.4, 0.5) is 0 Å². The molecule has 0 aromatic carbocycles. The molecule has 1 aliphatic heterocycles. The van der Waals surface area contributed by atoms with E-state index in [0.29, 0.717) is 12.0 Å². The van der Waals surface area contributed by atoms with E-state index in [1.54, 1.807) is 0 Å². The Hall–Kier alpha value is -0.660. The first-order valence-electron chi connectivity index (χ1n) is 4.32. The fourth-order valence-electron chi connectivity index (χ4n) is 1.37. The van der Waals surface area contributed by atoms with Crippen LogP contribution in [-0.4, -0.2) is 24.0 Å². The molecule has 1 saturated heterocycles. The lowest BCUT2D eigenvalue weighted by atomic mass is 10.1. The second-order valence-corrected chi connectivity index (χ2v) is 3.55. The van der Waals surface area contributed by atoms with Gasteiger partial charge in [0.05, 0.1) is 5.82 Å². The summed E-state index contributed by atoms with van der Waals surface area (Å²) in [5, 5.41) is 3.24. The van der Waals surface area contributed by atoms with Gasteiger partial charge in [-0.1, -0.05) is 20.4 Å². The van der Waals surface area contributed by atoms with Gasteiger partial charge in [-0.3, -0.25) is 0 Å². The molecule has 0 aliphatic carbocycles. The third-order valence-corrected chi connectivity index (χ3v) is 2.48. The molecule has 0 aromatic rings. The highest BCUT2D eigenvalue weighted by Crippen LogP contribution is 2.15. The maximum Gasteiger partial charge on any atom is 0.0942 e. The van der Waals surface area contributed by atoms with Gasteiger partial charge in [-0.05, 0) is 12.8 Å². The zero-order valence-electron chi connectivity index (χ0n) is 7.72. The van der Waals surface area contributed by atoms with Crippen molar-refractivity contribution in [2.24, 2.45) is 5.92 Å². The highest BCUT2D eigenvalue weighted by molar-refractivity contribution is 4.99. The van der Waals surface area contributed by atoms with Crippen molar-refractivity contribution < 1.29 is 0 Å². The van der Waals surface area contributed by atoms with E-state index < -0.39 is 0 Å². The first-order valence-corrected chi connectivity index (χ1v) is 4.32. The maximum atomic E-state index is 3.95. The fourth-order valence-corrected chi connectivity index (χ4v) is 1.37. The Bertz CT molecular complexity index is 152. The second-order valence-electron chi connectivity index (χ2n) is 3.55. The minimum absolute atomic E-state index is 0.609. The number of nitrogens with zero attached hydrogens (tertiary/aromatic N) is 1. The van der Waals surface area contributed by atoms with Crippen LogP contribution in [0, 0.1) is 5.92 Å². The second kappa shape index (κ2) is 3.16. The van der Waals surface area contributed by atoms with Crippen molar-refractivity contribution in [1.82, 2.24) is 10.2 Å². The van der Waals surface area contributed by atoms with Crippen LogP contribution in [0.5, 0.6) is 0 Å². The Morgan fingerprint density at radius 3 is 2.45 bits per heavy atom. The van der Waals surface area contributed by atoms with Crippen LogP contribution < -0.4 is 5.32 Å². The molecule has 2 heteroatoms. The van der Waals surface area contributed by atoms with Crippen molar-refractivity contribution >= 4 is 0 Å². The molecule has 1 aliphatic rings. The molecule has 0 amide bonds. The van der Waals surface area contributed by atoms with Crippen LogP contribution in [0.15, 0.2) is 12.4 Å². The average molecular weight is 154 g/mol. The van der Waals surface area contributed by atoms with Crippen LogP contribution >= 0.6 is 0 Å². The summed E-state index contributed by atoms with van der Waals surface area (Å²) in [5.74, 6) is 1.79. The van der Waals surface area contributed by atoms with E-state index in [1.165, 1.54) is 0 Å². The van der Waals surface area contributed by atoms with Gasteiger partial charge in [-0.15, -0.1) is 0 Å². The molecule has 2 nitrogen and oxygen atoms in total. The van der Waals surface area contributed by atoms with Crippen LogP contribution in [0.3, 0.4) is 0 Å². The normalized spacial score (nSPS) is 20.7. The number of nitrogens with one attached hydrogen (secondary N) is 1. The summed E-state index contributed by atoms with van der Waals surface area (Å²) < 4.78 is 0. The lowest BCUT2D eigenvalue weighted by molar-refractivity contribution is 0.246. The SMILES string of the molecule is C=C1NCCN1[C@H](C)C(C)C. The minimum Gasteiger partial charge on any atom is -0.370 e. The van der Waals surface area contributed by atoms with Gasteiger partial charge >= 0.3 is 0 Å². The van der Waals surface area contributed by atoms with Crippen molar-refractivity contribution in [3.8, 4) is 0 Å². The van der Waals surface area contributed by atoms with E-state index in [0.717, 1.165) is 18.9 Å². The molecule has 1 rings (SSSR count). The zero-order valence-corrected chi connectivity index (χ0v) is 7.72. The molecule has 0 unspecified atom stereocenters. The molecule has 64 valence electrons. The fraction of sp³-hybridized carbons (Fsp3) is 0.778. The van der Waals surface area contributed by atoms with E-state index in [2.05, 4.69) is 37.6 Å². The van der Waals surface area contributed by atoms with Crippen molar-refractivity contribution in [2.45, 2.75) is 26.8 Å². The summed E-state index contributed by atoms with van der Waals surface area (Å²) in [6.07, 6.45) is 0. The van der Waals surface area contributed by atoms with Gasteiger partial charge in [-0.25, -0.2) is 0 Å². The maximum absolute atomic E-state index is 3.95. The molecule has 0 bridgehead atoms. The number of hydrogen-bond acceptors (Lipinski definition) is 2. The molecule has 0 saturated carbocycles. The Morgan fingerprint density at radius 2 is 2.09 bits per heavy atom. The van der Waals surface area contributed by atoms with E-state index >= 15 is 0 Å². The van der Waals surface area contributed by atoms with Gasteiger partial charge in [0.25, 0.3) is 0 Å². The Balaban J connectivity index is 2.52. The molecule has 0 spiro atoms. The third-order valence-electron chi connectivity index (χ3n) is 2.48. The monoisotopic (exact) mass is 154 g/mol.